The van der Waals surface area contributed by atoms with E-state index in [2.05, 4.69) is 32.0 Å². The first kappa shape index (κ1) is 15.3. The van der Waals surface area contributed by atoms with Crippen LogP contribution in [0.4, 0.5) is 0 Å². The minimum absolute atomic E-state index is 0.360. The Labute approximate surface area is 141 Å². The van der Waals surface area contributed by atoms with E-state index < -0.39 is 0 Å². The van der Waals surface area contributed by atoms with E-state index in [0.717, 1.165) is 15.4 Å². The molecule has 23 heavy (non-hydrogen) atoms. The van der Waals surface area contributed by atoms with Crippen molar-refractivity contribution in [2.75, 3.05) is 13.2 Å². The number of fused-ring (bicyclic) bond motifs is 1. The van der Waals surface area contributed by atoms with Crippen LogP contribution >= 0.6 is 15.9 Å². The standard InChI is InChI=1S/C17H12BrN3O2/c18-13-3-6-16-15(9-13)17(21-11-20-16)23-8-7-22-14-4-1-12(10-19)2-5-14/h1-6,9,11H,7-8H2. The van der Waals surface area contributed by atoms with Gasteiger partial charge in [-0.15, -0.1) is 0 Å². The zero-order valence-corrected chi connectivity index (χ0v) is 13.7. The Kier molecular flexibility index (Phi) is 4.69. The maximum Gasteiger partial charge on any atom is 0.224 e. The maximum absolute atomic E-state index is 8.75. The minimum Gasteiger partial charge on any atom is -0.490 e. The highest BCUT2D eigenvalue weighted by Gasteiger charge is 2.05. The fourth-order valence-electron chi connectivity index (χ4n) is 2.04. The number of hydrogen-bond acceptors (Lipinski definition) is 5. The molecule has 0 saturated carbocycles. The number of rotatable bonds is 5. The molecule has 3 rings (SSSR count). The summed E-state index contributed by atoms with van der Waals surface area (Å²) in [6, 6.07) is 14.8. The highest BCUT2D eigenvalue weighted by atomic mass is 79.9. The van der Waals surface area contributed by atoms with Crippen molar-refractivity contribution in [3.63, 3.8) is 0 Å². The number of aromatic nitrogens is 2. The van der Waals surface area contributed by atoms with Crippen LogP contribution in [0.25, 0.3) is 10.9 Å². The van der Waals surface area contributed by atoms with Crippen molar-refractivity contribution in [2.45, 2.75) is 0 Å². The summed E-state index contributed by atoms with van der Waals surface area (Å²) in [4.78, 5) is 8.38. The molecule has 0 saturated heterocycles. The van der Waals surface area contributed by atoms with Gasteiger partial charge in [-0.25, -0.2) is 9.97 Å². The number of nitrogens with zero attached hydrogens (tertiary/aromatic N) is 3. The average molecular weight is 370 g/mol. The Morgan fingerprint density at radius 1 is 1.00 bits per heavy atom. The van der Waals surface area contributed by atoms with Crippen molar-refractivity contribution in [1.82, 2.24) is 9.97 Å². The first-order chi connectivity index (χ1) is 11.3. The quantitative estimate of drug-likeness (QED) is 0.641. The van der Waals surface area contributed by atoms with Crippen molar-refractivity contribution in [3.05, 3.63) is 58.8 Å². The van der Waals surface area contributed by atoms with Crippen LogP contribution < -0.4 is 9.47 Å². The third-order valence-corrected chi connectivity index (χ3v) is 3.63. The minimum atomic E-state index is 0.360. The molecule has 3 aromatic rings. The summed E-state index contributed by atoms with van der Waals surface area (Å²) < 4.78 is 12.2. The highest BCUT2D eigenvalue weighted by molar-refractivity contribution is 9.10. The van der Waals surface area contributed by atoms with Crippen molar-refractivity contribution >= 4 is 26.8 Å². The summed E-state index contributed by atoms with van der Waals surface area (Å²) >= 11 is 3.43. The molecule has 0 spiro atoms. The third kappa shape index (κ3) is 3.76. The van der Waals surface area contributed by atoms with Crippen molar-refractivity contribution in [2.24, 2.45) is 0 Å². The molecular formula is C17H12BrN3O2. The summed E-state index contributed by atoms with van der Waals surface area (Å²) in [7, 11) is 0. The Hall–Kier alpha value is -2.65. The lowest BCUT2D eigenvalue weighted by Gasteiger charge is -2.09. The molecule has 0 bridgehead atoms. The van der Waals surface area contributed by atoms with Gasteiger partial charge in [0.2, 0.25) is 5.88 Å². The summed E-state index contributed by atoms with van der Waals surface area (Å²) in [6.45, 7) is 0.740. The summed E-state index contributed by atoms with van der Waals surface area (Å²) in [5.74, 6) is 1.22. The molecule has 0 radical (unpaired) electrons. The Balaban J connectivity index is 1.60. The molecule has 0 fully saturated rings. The largest absolute Gasteiger partial charge is 0.490 e. The molecule has 0 aliphatic rings. The zero-order valence-electron chi connectivity index (χ0n) is 12.1. The van der Waals surface area contributed by atoms with Crippen molar-refractivity contribution in [1.29, 1.82) is 5.26 Å². The summed E-state index contributed by atoms with van der Waals surface area (Å²) in [5, 5.41) is 9.60. The number of halogens is 1. The van der Waals surface area contributed by atoms with Gasteiger partial charge in [0, 0.05) is 4.47 Å². The van der Waals surface area contributed by atoms with Crippen LogP contribution in [0.5, 0.6) is 11.6 Å². The van der Waals surface area contributed by atoms with Gasteiger partial charge in [0.25, 0.3) is 0 Å². The number of hydrogen-bond donors (Lipinski definition) is 0. The predicted octanol–water partition coefficient (Wildman–Crippen LogP) is 3.72. The van der Waals surface area contributed by atoms with Crippen LogP contribution in [0.15, 0.2) is 53.3 Å². The molecule has 1 aromatic heterocycles. The van der Waals surface area contributed by atoms with E-state index in [4.69, 9.17) is 14.7 Å². The van der Waals surface area contributed by atoms with E-state index in [-0.39, 0.29) is 0 Å². The van der Waals surface area contributed by atoms with Gasteiger partial charge in [-0.2, -0.15) is 5.26 Å². The van der Waals surface area contributed by atoms with Crippen LogP contribution in [-0.4, -0.2) is 23.2 Å². The third-order valence-electron chi connectivity index (χ3n) is 3.14. The SMILES string of the molecule is N#Cc1ccc(OCCOc2ncnc3ccc(Br)cc23)cc1. The molecule has 0 N–H and O–H groups in total. The average Bonchev–Trinajstić information content (AvgIpc) is 2.59. The van der Waals surface area contributed by atoms with Crippen LogP contribution in [0.2, 0.25) is 0 Å². The van der Waals surface area contributed by atoms with Gasteiger partial charge < -0.3 is 9.47 Å². The molecule has 0 aliphatic carbocycles. The molecule has 0 amide bonds. The van der Waals surface area contributed by atoms with Crippen molar-refractivity contribution in [3.8, 4) is 17.7 Å². The molecule has 0 aliphatic heterocycles. The van der Waals surface area contributed by atoms with Crippen LogP contribution in [-0.2, 0) is 0 Å². The maximum atomic E-state index is 8.75. The Morgan fingerprint density at radius 2 is 1.78 bits per heavy atom. The number of nitriles is 1. The molecule has 0 unspecified atom stereocenters. The van der Waals surface area contributed by atoms with E-state index in [9.17, 15) is 0 Å². The number of ether oxygens (including phenoxy) is 2. The van der Waals surface area contributed by atoms with Gasteiger partial charge >= 0.3 is 0 Å². The predicted molar refractivity (Wildman–Crippen MR) is 89.4 cm³/mol. The van der Waals surface area contributed by atoms with Gasteiger partial charge in [-0.05, 0) is 42.5 Å². The summed E-state index contributed by atoms with van der Waals surface area (Å²) in [5.41, 5.74) is 1.43. The lowest BCUT2D eigenvalue weighted by atomic mass is 10.2. The Bertz CT molecular complexity index is 860. The van der Waals surface area contributed by atoms with Crippen molar-refractivity contribution < 1.29 is 9.47 Å². The van der Waals surface area contributed by atoms with E-state index in [1.54, 1.807) is 24.3 Å². The second kappa shape index (κ2) is 7.07. The topological polar surface area (TPSA) is 68.0 Å². The molecule has 1 heterocycles. The molecule has 6 heteroatoms. The highest BCUT2D eigenvalue weighted by Crippen LogP contribution is 2.24. The molecule has 5 nitrogen and oxygen atoms in total. The number of benzene rings is 2. The second-order valence-electron chi connectivity index (χ2n) is 4.67. The van der Waals surface area contributed by atoms with E-state index >= 15 is 0 Å². The van der Waals surface area contributed by atoms with E-state index in [1.807, 2.05) is 18.2 Å². The first-order valence-electron chi connectivity index (χ1n) is 6.92. The van der Waals surface area contributed by atoms with Crippen LogP contribution in [0.3, 0.4) is 0 Å². The summed E-state index contributed by atoms with van der Waals surface area (Å²) in [6.07, 6.45) is 1.48. The second-order valence-corrected chi connectivity index (χ2v) is 5.59. The molecule has 2 aromatic carbocycles. The van der Waals surface area contributed by atoms with Crippen LogP contribution in [0.1, 0.15) is 5.56 Å². The molecular weight excluding hydrogens is 358 g/mol. The Morgan fingerprint density at radius 3 is 2.57 bits per heavy atom. The normalized spacial score (nSPS) is 10.3. The first-order valence-corrected chi connectivity index (χ1v) is 7.71. The lowest BCUT2D eigenvalue weighted by molar-refractivity contribution is 0.213. The van der Waals surface area contributed by atoms with Gasteiger partial charge in [0.15, 0.2) is 0 Å². The van der Waals surface area contributed by atoms with Gasteiger partial charge in [0.1, 0.15) is 25.3 Å². The lowest BCUT2D eigenvalue weighted by Crippen LogP contribution is -2.10. The molecule has 114 valence electrons. The van der Waals surface area contributed by atoms with Gasteiger partial charge in [-0.3, -0.25) is 0 Å². The van der Waals surface area contributed by atoms with Crippen LogP contribution in [0, 0.1) is 11.3 Å². The van der Waals surface area contributed by atoms with Gasteiger partial charge in [-0.1, -0.05) is 15.9 Å². The van der Waals surface area contributed by atoms with Gasteiger partial charge in [0.05, 0.1) is 22.5 Å². The monoisotopic (exact) mass is 369 g/mol. The van der Waals surface area contributed by atoms with E-state index in [1.165, 1.54) is 6.33 Å². The fourth-order valence-corrected chi connectivity index (χ4v) is 2.40. The molecule has 0 atom stereocenters. The fraction of sp³-hybridized carbons (Fsp3) is 0.118. The zero-order chi connectivity index (χ0) is 16.1. The van der Waals surface area contributed by atoms with E-state index in [0.29, 0.717) is 30.4 Å². The smallest absolute Gasteiger partial charge is 0.224 e.